The lowest BCUT2D eigenvalue weighted by Crippen LogP contribution is -2.13. The van der Waals surface area contributed by atoms with Crippen LogP contribution >= 0.6 is 0 Å². The molecule has 0 aliphatic rings. The van der Waals surface area contributed by atoms with Gasteiger partial charge in [-0.25, -0.2) is 8.78 Å². The van der Waals surface area contributed by atoms with Crippen molar-refractivity contribution in [3.63, 3.8) is 0 Å². The molecule has 0 atom stereocenters. The Morgan fingerprint density at radius 1 is 0.840 bits per heavy atom. The second-order valence-electron chi connectivity index (χ2n) is 6.17. The minimum atomic E-state index is -1.24. The van der Waals surface area contributed by atoms with Gasteiger partial charge in [0, 0.05) is 0 Å². The van der Waals surface area contributed by atoms with Gasteiger partial charge in [0.2, 0.25) is 5.82 Å². The van der Waals surface area contributed by atoms with Crippen LogP contribution in [-0.4, -0.2) is 13.2 Å². The molecule has 0 aliphatic carbocycles. The van der Waals surface area contributed by atoms with Gasteiger partial charge in [-0.2, -0.15) is 4.39 Å². The summed E-state index contributed by atoms with van der Waals surface area (Å²) in [5.74, 6) is -3.26. The summed E-state index contributed by atoms with van der Waals surface area (Å²) in [6, 6.07) is 4.27. The molecule has 0 radical (unpaired) electrons. The Kier molecular flexibility index (Phi) is 6.97. The number of benzene rings is 2. The average molecular weight is 354 g/mol. The van der Waals surface area contributed by atoms with Crippen molar-refractivity contribution in [2.75, 3.05) is 13.2 Å². The van der Waals surface area contributed by atoms with E-state index in [0.29, 0.717) is 12.5 Å². The first-order chi connectivity index (χ1) is 12.0. The summed E-state index contributed by atoms with van der Waals surface area (Å²) in [7, 11) is 0. The van der Waals surface area contributed by atoms with E-state index in [2.05, 4.69) is 13.8 Å². The largest absolute Gasteiger partial charge is 0.491 e. The molecule has 2 aromatic carbocycles. The molecular weight excluding hydrogens is 329 g/mol. The van der Waals surface area contributed by atoms with E-state index in [4.69, 9.17) is 9.47 Å². The van der Waals surface area contributed by atoms with Gasteiger partial charge in [-0.05, 0) is 43.2 Å². The third-order valence-corrected chi connectivity index (χ3v) is 4.22. The van der Waals surface area contributed by atoms with E-state index in [1.54, 1.807) is 6.92 Å². The lowest BCUT2D eigenvalue weighted by atomic mass is 9.99. The Balaban J connectivity index is 2.33. The van der Waals surface area contributed by atoms with Gasteiger partial charge in [0.1, 0.15) is 0 Å². The fraction of sp³-hybridized carbons (Fsp3) is 0.500. The molecule has 0 bridgehead atoms. The van der Waals surface area contributed by atoms with Gasteiger partial charge >= 0.3 is 0 Å². The Hall–Kier alpha value is -1.91. The molecule has 25 heavy (non-hydrogen) atoms. The molecule has 0 N–H and O–H groups in total. The van der Waals surface area contributed by atoms with E-state index in [9.17, 15) is 13.2 Å². The van der Waals surface area contributed by atoms with E-state index < -0.39 is 22.8 Å². The van der Waals surface area contributed by atoms with Crippen molar-refractivity contribution in [2.24, 2.45) is 5.92 Å². The van der Waals surface area contributed by atoms with Crippen molar-refractivity contribution in [1.82, 2.24) is 0 Å². The third-order valence-electron chi connectivity index (χ3n) is 4.22. The first-order valence-electron chi connectivity index (χ1n) is 8.89. The molecule has 0 spiro atoms. The second kappa shape index (κ2) is 8.97. The van der Waals surface area contributed by atoms with Gasteiger partial charge in [-0.1, -0.05) is 32.8 Å². The molecule has 2 nitrogen and oxygen atoms in total. The maximum absolute atomic E-state index is 14.4. The van der Waals surface area contributed by atoms with Crippen LogP contribution in [0.3, 0.4) is 0 Å². The molecule has 0 unspecified atom stereocenters. The summed E-state index contributed by atoms with van der Waals surface area (Å²) in [6.07, 6.45) is 3.96. The Morgan fingerprint density at radius 3 is 2.12 bits per heavy atom. The summed E-state index contributed by atoms with van der Waals surface area (Å²) in [4.78, 5) is 0. The lowest BCUT2D eigenvalue weighted by molar-refractivity contribution is 0.219. The van der Waals surface area contributed by atoms with Crippen molar-refractivity contribution >= 4 is 10.8 Å². The topological polar surface area (TPSA) is 18.5 Å². The molecular formula is C20H25F3O2. The summed E-state index contributed by atoms with van der Waals surface area (Å²) in [5.41, 5.74) is 0. The molecule has 0 amide bonds. The van der Waals surface area contributed by atoms with Crippen molar-refractivity contribution in [2.45, 2.75) is 46.5 Å². The van der Waals surface area contributed by atoms with E-state index in [1.165, 1.54) is 18.2 Å². The number of hydrogen-bond acceptors (Lipinski definition) is 2. The predicted octanol–water partition coefficient (Wildman–Crippen LogP) is 6.25. The van der Waals surface area contributed by atoms with Crippen LogP contribution < -0.4 is 9.47 Å². The van der Waals surface area contributed by atoms with Crippen LogP contribution in [0.4, 0.5) is 13.2 Å². The van der Waals surface area contributed by atoms with E-state index in [-0.39, 0.29) is 23.5 Å². The number of fused-ring (bicyclic) bond motifs is 1. The van der Waals surface area contributed by atoms with Crippen LogP contribution in [0, 0.1) is 23.4 Å². The fourth-order valence-corrected chi connectivity index (χ4v) is 3.04. The Bertz CT molecular complexity index is 710. The van der Waals surface area contributed by atoms with E-state index >= 15 is 0 Å². The molecule has 2 aromatic rings. The fourth-order valence-electron chi connectivity index (χ4n) is 3.04. The zero-order chi connectivity index (χ0) is 18.4. The normalized spacial score (nSPS) is 11.3. The summed E-state index contributed by atoms with van der Waals surface area (Å²) < 4.78 is 53.8. The third kappa shape index (κ3) is 4.39. The highest BCUT2D eigenvalue weighted by molar-refractivity contribution is 5.86. The maximum atomic E-state index is 14.4. The van der Waals surface area contributed by atoms with Crippen LogP contribution in [0.25, 0.3) is 10.8 Å². The summed E-state index contributed by atoms with van der Waals surface area (Å²) in [5, 5.41) is -0.160. The van der Waals surface area contributed by atoms with Gasteiger partial charge < -0.3 is 9.47 Å². The van der Waals surface area contributed by atoms with Crippen LogP contribution in [-0.2, 0) is 0 Å². The second-order valence-corrected chi connectivity index (χ2v) is 6.17. The van der Waals surface area contributed by atoms with Gasteiger partial charge in [-0.3, -0.25) is 0 Å². The molecule has 0 aromatic heterocycles. The molecule has 0 saturated heterocycles. The molecule has 0 saturated carbocycles. The van der Waals surface area contributed by atoms with Crippen LogP contribution in [0.5, 0.6) is 11.5 Å². The van der Waals surface area contributed by atoms with Crippen molar-refractivity contribution in [3.05, 3.63) is 35.7 Å². The Morgan fingerprint density at radius 2 is 1.52 bits per heavy atom. The maximum Gasteiger partial charge on any atom is 0.201 e. The molecule has 0 heterocycles. The highest BCUT2D eigenvalue weighted by Crippen LogP contribution is 2.34. The minimum absolute atomic E-state index is 0.0899. The SMILES string of the molecule is CCCC(CCC)COc1cc2ccc(OCC)c(F)c2c(F)c1F. The Labute approximate surface area is 146 Å². The van der Waals surface area contributed by atoms with Gasteiger partial charge in [0.25, 0.3) is 0 Å². The molecule has 5 heteroatoms. The number of hydrogen-bond donors (Lipinski definition) is 0. The minimum Gasteiger partial charge on any atom is -0.491 e. The molecule has 138 valence electrons. The number of ether oxygens (including phenoxy) is 2. The average Bonchev–Trinajstić information content (AvgIpc) is 2.59. The van der Waals surface area contributed by atoms with Gasteiger partial charge in [0.15, 0.2) is 23.1 Å². The number of rotatable bonds is 9. The monoisotopic (exact) mass is 354 g/mol. The smallest absolute Gasteiger partial charge is 0.201 e. The standard InChI is InChI=1S/C20H25F3O2/c1-4-7-13(8-5-2)12-25-16-11-14-9-10-15(24-6-3)18(21)17(14)20(23)19(16)22/h9-11,13H,4-8,12H2,1-3H3. The van der Waals surface area contributed by atoms with E-state index in [0.717, 1.165) is 25.7 Å². The predicted molar refractivity (Wildman–Crippen MR) is 93.8 cm³/mol. The van der Waals surface area contributed by atoms with Crippen LogP contribution in [0.15, 0.2) is 18.2 Å². The molecule has 0 aliphatic heterocycles. The summed E-state index contributed by atoms with van der Waals surface area (Å²) in [6.45, 7) is 6.42. The van der Waals surface area contributed by atoms with Gasteiger partial charge in [-0.15, -0.1) is 0 Å². The number of halogens is 3. The zero-order valence-electron chi connectivity index (χ0n) is 15.0. The highest BCUT2D eigenvalue weighted by atomic mass is 19.2. The first kappa shape index (κ1) is 19.4. The quantitative estimate of drug-likeness (QED) is 0.530. The van der Waals surface area contributed by atoms with Gasteiger partial charge in [0.05, 0.1) is 18.6 Å². The molecule has 0 fully saturated rings. The van der Waals surface area contributed by atoms with Crippen molar-refractivity contribution < 1.29 is 22.6 Å². The van der Waals surface area contributed by atoms with E-state index in [1.807, 2.05) is 0 Å². The van der Waals surface area contributed by atoms with Crippen LogP contribution in [0.1, 0.15) is 46.5 Å². The first-order valence-corrected chi connectivity index (χ1v) is 8.89. The highest BCUT2D eigenvalue weighted by Gasteiger charge is 2.21. The van der Waals surface area contributed by atoms with Crippen LogP contribution in [0.2, 0.25) is 0 Å². The zero-order valence-corrected chi connectivity index (χ0v) is 15.0. The van der Waals surface area contributed by atoms with Crippen molar-refractivity contribution in [1.29, 1.82) is 0 Å². The summed E-state index contributed by atoms with van der Waals surface area (Å²) >= 11 is 0. The lowest BCUT2D eigenvalue weighted by Gasteiger charge is -2.17. The molecule has 2 rings (SSSR count). The van der Waals surface area contributed by atoms with Crippen molar-refractivity contribution in [3.8, 4) is 11.5 Å².